The van der Waals surface area contributed by atoms with Crippen LogP contribution in [0.2, 0.25) is 19.6 Å². The molecule has 0 radical (unpaired) electrons. The molecule has 5 aromatic rings. The maximum absolute atomic E-state index is 12.2. The summed E-state index contributed by atoms with van der Waals surface area (Å²) in [7, 11) is -1.20. The number of fused-ring (bicyclic) bond motifs is 4. The van der Waals surface area contributed by atoms with E-state index in [1.807, 2.05) is 113 Å². The number of carbonyl (C=O) groups is 4. The lowest BCUT2D eigenvalue weighted by molar-refractivity contribution is 0.0938. The molecule has 4 unspecified atom stereocenters. The zero-order valence-electron chi connectivity index (χ0n) is 40.5. The van der Waals surface area contributed by atoms with Crippen LogP contribution in [0.1, 0.15) is 140 Å². The molecule has 0 heterocycles. The third-order valence-corrected chi connectivity index (χ3v) is 13.4. The molecule has 0 aromatic heterocycles. The molecule has 4 aliphatic rings. The number of Topliss-reactive ketones (excluding diaryl/α,β-unsaturated/α-hetero) is 4. The van der Waals surface area contributed by atoms with Crippen LogP contribution in [0.15, 0.2) is 115 Å². The molecule has 0 bridgehead atoms. The van der Waals surface area contributed by atoms with Gasteiger partial charge in [0.05, 0.1) is 8.07 Å². The number of benzene rings is 5. The van der Waals surface area contributed by atoms with Gasteiger partial charge in [-0.15, -0.1) is 0 Å². The van der Waals surface area contributed by atoms with Gasteiger partial charge in [-0.25, -0.2) is 0 Å². The lowest BCUT2D eigenvalue weighted by Gasteiger charge is -2.09. The second kappa shape index (κ2) is 20.8. The van der Waals surface area contributed by atoms with Gasteiger partial charge in [0.2, 0.25) is 0 Å². The first-order valence-electron chi connectivity index (χ1n) is 23.3. The maximum atomic E-state index is 12.2. The molecule has 0 aliphatic heterocycles. The highest BCUT2D eigenvalue weighted by molar-refractivity contribution is 6.81. The van der Waals surface area contributed by atoms with Crippen molar-refractivity contribution in [1.29, 1.82) is 0 Å². The van der Waals surface area contributed by atoms with E-state index in [-0.39, 0.29) is 46.4 Å². The molecule has 4 atom stereocenters. The van der Waals surface area contributed by atoms with Gasteiger partial charge in [0, 0.05) is 68.0 Å². The smallest absolute Gasteiger partial charge is 0.167 e. The summed E-state index contributed by atoms with van der Waals surface area (Å²) in [6.45, 7) is 24.8. The zero-order valence-corrected chi connectivity index (χ0v) is 41.5. The highest BCUT2D eigenvalue weighted by Gasteiger charge is 2.31. The fourth-order valence-electron chi connectivity index (χ4n) is 8.75. The first kappa shape index (κ1) is 49.0. The minimum absolute atomic E-state index is 0.0318. The highest BCUT2D eigenvalue weighted by atomic mass is 28.3. The van der Waals surface area contributed by atoms with Crippen molar-refractivity contribution in [2.45, 2.75) is 93.8 Å². The van der Waals surface area contributed by atoms with Crippen LogP contribution in [0.5, 0.6) is 0 Å². The summed E-state index contributed by atoms with van der Waals surface area (Å²) in [5, 5.41) is 0. The molecule has 0 saturated heterocycles. The molecule has 66 heavy (non-hydrogen) atoms. The first-order valence-corrected chi connectivity index (χ1v) is 26.9. The molecule has 0 saturated carbocycles. The molecule has 5 heteroatoms. The van der Waals surface area contributed by atoms with Gasteiger partial charge >= 0.3 is 0 Å². The Morgan fingerprint density at radius 2 is 0.894 bits per heavy atom. The number of ketones is 4. The molecule has 4 nitrogen and oxygen atoms in total. The van der Waals surface area contributed by atoms with Crippen molar-refractivity contribution in [3.8, 4) is 23.7 Å². The van der Waals surface area contributed by atoms with Crippen molar-refractivity contribution in [2.75, 3.05) is 0 Å². The topological polar surface area (TPSA) is 68.3 Å². The molecule has 0 fully saturated rings. The molecule has 336 valence electrons. The van der Waals surface area contributed by atoms with Gasteiger partial charge in [0.25, 0.3) is 0 Å². The fraction of sp³-hybridized carbons (Fsp3) is 0.311. The molecular formula is C61H64O4Si. The Morgan fingerprint density at radius 1 is 0.500 bits per heavy atom. The third kappa shape index (κ3) is 11.9. The Morgan fingerprint density at radius 3 is 1.33 bits per heavy atom. The van der Waals surface area contributed by atoms with Crippen LogP contribution in [-0.4, -0.2) is 31.2 Å². The van der Waals surface area contributed by atoms with Gasteiger partial charge < -0.3 is 0 Å². The summed E-state index contributed by atoms with van der Waals surface area (Å²) in [6.07, 6.45) is 7.41. The normalized spacial score (nSPS) is 18.7. The van der Waals surface area contributed by atoms with Crippen LogP contribution in [0.4, 0.5) is 0 Å². The van der Waals surface area contributed by atoms with Crippen molar-refractivity contribution in [3.63, 3.8) is 0 Å². The van der Waals surface area contributed by atoms with Crippen molar-refractivity contribution >= 4 is 43.4 Å². The van der Waals surface area contributed by atoms with Crippen molar-refractivity contribution in [2.24, 2.45) is 29.1 Å². The van der Waals surface area contributed by atoms with E-state index in [4.69, 9.17) is 0 Å². The van der Waals surface area contributed by atoms with Crippen LogP contribution < -0.4 is 0 Å². The number of hydrogen-bond donors (Lipinski definition) is 0. The van der Waals surface area contributed by atoms with E-state index in [2.05, 4.69) is 101 Å². The van der Waals surface area contributed by atoms with Crippen molar-refractivity contribution < 1.29 is 19.2 Å². The summed E-state index contributed by atoms with van der Waals surface area (Å²) in [6, 6.07) is 34.0. The van der Waals surface area contributed by atoms with E-state index in [1.165, 1.54) is 11.1 Å². The molecule has 0 N–H and O–H groups in total. The van der Waals surface area contributed by atoms with Gasteiger partial charge in [-0.1, -0.05) is 174 Å². The predicted octanol–water partition coefficient (Wildman–Crippen LogP) is 13.6. The Labute approximate surface area is 395 Å². The van der Waals surface area contributed by atoms with Crippen LogP contribution in [-0.2, 0) is 25.7 Å². The van der Waals surface area contributed by atoms with Crippen molar-refractivity contribution in [1.82, 2.24) is 0 Å². The molecule has 0 amide bonds. The molecule has 0 spiro atoms. The third-order valence-electron chi connectivity index (χ3n) is 12.2. The van der Waals surface area contributed by atoms with Crippen LogP contribution in [0, 0.1) is 52.8 Å². The number of rotatable bonds is 3. The standard InChI is InChI=1S/C18H14O.C16H18O.C15H20OSi.C12H12O/c1-13-12-16-9-5-8-15(17(16)18(13)19)11-10-14-6-3-2-4-7-14;1-11-10-13-7-5-6-12(14(13)15(11)17)8-9-16(2,3)4;1-11-10-13-7-5-6-12(14(13)15(11)16)8-9-17(2,3)4;1-3-9-5-4-6-10-7-8(2)12(13)11(9)10/h2-9,13H,12H2,1H3;5-7,11H,10H2,1-4H3;5-9,11H,10H2,1-4H3;3-6,8H,1,7H2,2H3. The minimum Gasteiger partial charge on any atom is -0.294 e. The average Bonchev–Trinajstić information content (AvgIpc) is 3.96. The van der Waals surface area contributed by atoms with Gasteiger partial charge in [-0.05, 0) is 104 Å². The summed E-state index contributed by atoms with van der Waals surface area (Å²) < 4.78 is 0. The van der Waals surface area contributed by atoms with Gasteiger partial charge in [-0.3, -0.25) is 19.2 Å². The first-order chi connectivity index (χ1) is 31.3. The molecule has 4 aliphatic carbocycles. The van der Waals surface area contributed by atoms with E-state index in [0.29, 0.717) is 5.78 Å². The quantitative estimate of drug-likeness (QED) is 0.134. The summed E-state index contributed by atoms with van der Waals surface area (Å²) in [5.74, 6) is 14.2. The van der Waals surface area contributed by atoms with E-state index in [0.717, 1.165) is 86.9 Å². The number of carbonyl (C=O) groups excluding carboxylic acids is 4. The molecule has 9 rings (SSSR count). The summed E-state index contributed by atoms with van der Waals surface area (Å²) in [5.41, 5.74) is 15.3. The van der Waals surface area contributed by atoms with Crippen LogP contribution in [0.3, 0.4) is 0 Å². The molecular weight excluding hydrogens is 825 g/mol. The maximum Gasteiger partial charge on any atom is 0.167 e. The second-order valence-electron chi connectivity index (χ2n) is 20.3. The summed E-state index contributed by atoms with van der Waals surface area (Å²) >= 11 is 0. The lowest BCUT2D eigenvalue weighted by Crippen LogP contribution is -2.15. The monoisotopic (exact) mass is 888 g/mol. The van der Waals surface area contributed by atoms with E-state index in [1.54, 1.807) is 6.08 Å². The number of hydrogen-bond acceptors (Lipinski definition) is 4. The Bertz CT molecular complexity index is 2840. The Hall–Kier alpha value is -6.40. The average molecular weight is 889 g/mol. The van der Waals surface area contributed by atoms with Crippen LogP contribution in [0.25, 0.3) is 12.2 Å². The van der Waals surface area contributed by atoms with Crippen molar-refractivity contribution in [3.05, 3.63) is 188 Å². The van der Waals surface area contributed by atoms with Gasteiger partial charge in [0.1, 0.15) is 0 Å². The molecule has 5 aromatic carbocycles. The second-order valence-corrected chi connectivity index (χ2v) is 25.4. The lowest BCUT2D eigenvalue weighted by atomic mass is 9.96. The van der Waals surface area contributed by atoms with E-state index in [9.17, 15) is 19.2 Å². The van der Waals surface area contributed by atoms with E-state index >= 15 is 0 Å². The Kier molecular flexibility index (Phi) is 15.5. The SMILES string of the molecule is C=Cc1cccc2c1C(=O)C(C)C2.CC1Cc2cccc(C#CC(C)(C)C)c2C1=O.CC1Cc2cccc(C#Cc3ccccc3)c2C1=O.CC1Cc2cccc(C=C[Si](C)(C)C)c2C1=O. The van der Waals surface area contributed by atoms with E-state index < -0.39 is 8.07 Å². The zero-order chi connectivity index (χ0) is 47.9. The van der Waals surface area contributed by atoms with Gasteiger partial charge in [0.15, 0.2) is 23.1 Å². The Balaban J connectivity index is 0.000000147. The predicted molar refractivity (Wildman–Crippen MR) is 276 cm³/mol. The summed E-state index contributed by atoms with van der Waals surface area (Å²) in [4.78, 5) is 48.1. The largest absolute Gasteiger partial charge is 0.294 e. The van der Waals surface area contributed by atoms with Gasteiger partial charge in [-0.2, -0.15) is 0 Å². The minimum atomic E-state index is -1.20. The fourth-order valence-corrected chi connectivity index (χ4v) is 9.43. The highest BCUT2D eigenvalue weighted by Crippen LogP contribution is 2.33. The van der Waals surface area contributed by atoms with Crippen LogP contribution >= 0.6 is 0 Å².